The van der Waals surface area contributed by atoms with Crippen LogP contribution in [0, 0.1) is 0 Å². The molecule has 0 radical (unpaired) electrons. The number of carbonyl (C=O) groups is 1. The summed E-state index contributed by atoms with van der Waals surface area (Å²) in [6.07, 6.45) is -1.13. The van der Waals surface area contributed by atoms with Crippen LogP contribution in [0.15, 0.2) is 11.5 Å². The number of carbonyl (C=O) groups excluding carboxylic acids is 1. The van der Waals surface area contributed by atoms with Crippen molar-refractivity contribution in [2.45, 2.75) is 6.10 Å². The Labute approximate surface area is 81.8 Å². The molecule has 7 heteroatoms. The number of aliphatic hydroxyl groups excluding tert-OH is 1. The molecule has 0 aromatic rings. The van der Waals surface area contributed by atoms with Gasteiger partial charge in [0, 0.05) is 6.54 Å². The number of sulfonamides is 1. The quantitative estimate of drug-likeness (QED) is 0.585. The van der Waals surface area contributed by atoms with Gasteiger partial charge in [-0.3, -0.25) is 4.79 Å². The molecule has 0 amide bonds. The molecule has 0 aromatic heterocycles. The van der Waals surface area contributed by atoms with Crippen LogP contribution in [-0.2, 0) is 19.6 Å². The van der Waals surface area contributed by atoms with Crippen molar-refractivity contribution >= 4 is 16.0 Å². The van der Waals surface area contributed by atoms with E-state index in [1.54, 1.807) is 0 Å². The van der Waals surface area contributed by atoms with Crippen LogP contribution in [0.1, 0.15) is 0 Å². The lowest BCUT2D eigenvalue weighted by molar-refractivity contribution is -0.140. The molecule has 80 valence electrons. The van der Waals surface area contributed by atoms with Gasteiger partial charge >= 0.3 is 5.97 Å². The Hall–Kier alpha value is -0.920. The first-order chi connectivity index (χ1) is 6.39. The number of β-amino-alcohol motifs (C(OH)–C–C–N with tert-alkyl or cyclic N) is 1. The molecule has 1 fully saturated rings. The summed E-state index contributed by atoms with van der Waals surface area (Å²) in [7, 11) is -2.57. The predicted octanol–water partition coefficient (Wildman–Crippen LogP) is -1.32. The molecule has 1 N–H and O–H groups in total. The minimum Gasteiger partial charge on any atom is -0.468 e. The Morgan fingerprint density at radius 3 is 2.71 bits per heavy atom. The topological polar surface area (TPSA) is 83.9 Å². The molecule has 6 nitrogen and oxygen atoms in total. The number of aliphatic hydroxyl groups is 1. The first-order valence-corrected chi connectivity index (χ1v) is 5.27. The molecule has 0 spiro atoms. The van der Waals surface area contributed by atoms with Crippen molar-refractivity contribution in [3.05, 3.63) is 11.5 Å². The van der Waals surface area contributed by atoms with Crippen LogP contribution in [0.25, 0.3) is 0 Å². The summed E-state index contributed by atoms with van der Waals surface area (Å²) in [4.78, 5) is 10.6. The van der Waals surface area contributed by atoms with Crippen LogP contribution < -0.4 is 0 Å². The third-order valence-corrected chi connectivity index (χ3v) is 3.85. The van der Waals surface area contributed by atoms with E-state index in [1.807, 2.05) is 0 Å². The highest BCUT2D eigenvalue weighted by Crippen LogP contribution is 2.23. The lowest BCUT2D eigenvalue weighted by atomic mass is 10.3. The SMILES string of the molecule is C=C1[C@@H](O)CN(CC(=O)OC)S1(=O)=O. The van der Waals surface area contributed by atoms with Gasteiger partial charge < -0.3 is 9.84 Å². The summed E-state index contributed by atoms with van der Waals surface area (Å²) < 4.78 is 28.0. The van der Waals surface area contributed by atoms with Crippen molar-refractivity contribution in [2.24, 2.45) is 0 Å². The number of nitrogens with zero attached hydrogens (tertiary/aromatic N) is 1. The highest BCUT2D eigenvalue weighted by atomic mass is 32.2. The molecule has 1 saturated heterocycles. The molecule has 0 saturated carbocycles. The molecule has 1 aliphatic rings. The maximum absolute atomic E-state index is 11.4. The van der Waals surface area contributed by atoms with E-state index in [9.17, 15) is 18.3 Å². The summed E-state index contributed by atoms with van der Waals surface area (Å²) in [5.41, 5.74) is 0. The molecule has 1 atom stereocenters. The highest BCUT2D eigenvalue weighted by molar-refractivity contribution is 7.93. The molecule has 0 bridgehead atoms. The molecule has 1 heterocycles. The van der Waals surface area contributed by atoms with Gasteiger partial charge in [0.25, 0.3) is 0 Å². The minimum absolute atomic E-state index is 0.143. The summed E-state index contributed by atoms with van der Waals surface area (Å²) in [5, 5.41) is 9.22. The number of methoxy groups -OCH3 is 1. The van der Waals surface area contributed by atoms with Gasteiger partial charge in [-0.1, -0.05) is 6.58 Å². The Balaban J connectivity index is 2.83. The number of esters is 1. The second-order valence-electron chi connectivity index (χ2n) is 2.86. The van der Waals surface area contributed by atoms with E-state index in [4.69, 9.17) is 0 Å². The molecule has 14 heavy (non-hydrogen) atoms. The zero-order chi connectivity index (χ0) is 10.9. The van der Waals surface area contributed by atoms with E-state index in [0.717, 1.165) is 11.4 Å². The van der Waals surface area contributed by atoms with Crippen LogP contribution in [-0.4, -0.2) is 50.1 Å². The average molecular weight is 221 g/mol. The van der Waals surface area contributed by atoms with E-state index in [-0.39, 0.29) is 11.4 Å². The summed E-state index contributed by atoms with van der Waals surface area (Å²) in [6, 6.07) is 0. The zero-order valence-corrected chi connectivity index (χ0v) is 8.45. The molecule has 1 aliphatic heterocycles. The van der Waals surface area contributed by atoms with Gasteiger partial charge in [-0.2, -0.15) is 4.31 Å². The van der Waals surface area contributed by atoms with Crippen LogP contribution >= 0.6 is 0 Å². The first kappa shape index (κ1) is 11.2. The second-order valence-corrected chi connectivity index (χ2v) is 4.85. The molecular formula is C7H11NO5S. The van der Waals surface area contributed by atoms with Crippen molar-refractivity contribution in [1.29, 1.82) is 0 Å². The lowest BCUT2D eigenvalue weighted by Gasteiger charge is -2.11. The van der Waals surface area contributed by atoms with E-state index in [1.165, 1.54) is 0 Å². The number of hydrogen-bond donors (Lipinski definition) is 1. The summed E-state index contributed by atoms with van der Waals surface area (Å²) in [5.74, 6) is -0.671. The lowest BCUT2D eigenvalue weighted by Crippen LogP contribution is -2.32. The monoisotopic (exact) mass is 221 g/mol. The van der Waals surface area contributed by atoms with Crippen molar-refractivity contribution in [2.75, 3.05) is 20.2 Å². The number of ether oxygens (including phenoxy) is 1. The second kappa shape index (κ2) is 3.68. The van der Waals surface area contributed by atoms with E-state index < -0.39 is 28.6 Å². The Morgan fingerprint density at radius 1 is 1.79 bits per heavy atom. The normalized spacial score (nSPS) is 26.4. The third-order valence-electron chi connectivity index (χ3n) is 1.95. The zero-order valence-electron chi connectivity index (χ0n) is 7.63. The van der Waals surface area contributed by atoms with Crippen LogP contribution in [0.3, 0.4) is 0 Å². The number of rotatable bonds is 2. The fourth-order valence-corrected chi connectivity index (χ4v) is 2.45. The fraction of sp³-hybridized carbons (Fsp3) is 0.571. The van der Waals surface area contributed by atoms with Crippen LogP contribution in [0.5, 0.6) is 0 Å². The van der Waals surface area contributed by atoms with Crippen LogP contribution in [0.4, 0.5) is 0 Å². The predicted molar refractivity (Wildman–Crippen MR) is 47.7 cm³/mol. The Kier molecular flexibility index (Phi) is 2.93. The van der Waals surface area contributed by atoms with Gasteiger partial charge in [0.2, 0.25) is 10.0 Å². The van der Waals surface area contributed by atoms with Crippen molar-refractivity contribution in [1.82, 2.24) is 4.31 Å². The van der Waals surface area contributed by atoms with Gasteiger partial charge in [-0.25, -0.2) is 8.42 Å². The van der Waals surface area contributed by atoms with E-state index in [2.05, 4.69) is 11.3 Å². The van der Waals surface area contributed by atoms with E-state index >= 15 is 0 Å². The van der Waals surface area contributed by atoms with Gasteiger partial charge in [-0.05, 0) is 0 Å². The Morgan fingerprint density at radius 2 is 2.36 bits per heavy atom. The van der Waals surface area contributed by atoms with Gasteiger partial charge in [-0.15, -0.1) is 0 Å². The third kappa shape index (κ3) is 1.79. The summed E-state index contributed by atoms with van der Waals surface area (Å²) in [6.45, 7) is 2.70. The largest absolute Gasteiger partial charge is 0.468 e. The minimum atomic E-state index is -3.73. The van der Waals surface area contributed by atoms with Crippen molar-refractivity contribution < 1.29 is 23.1 Å². The maximum Gasteiger partial charge on any atom is 0.321 e. The first-order valence-electron chi connectivity index (χ1n) is 3.83. The van der Waals surface area contributed by atoms with Crippen LogP contribution in [0.2, 0.25) is 0 Å². The number of hydrogen-bond acceptors (Lipinski definition) is 5. The molecule has 0 aliphatic carbocycles. The maximum atomic E-state index is 11.4. The smallest absolute Gasteiger partial charge is 0.321 e. The summed E-state index contributed by atoms with van der Waals surface area (Å²) >= 11 is 0. The molecule has 0 unspecified atom stereocenters. The molecule has 1 rings (SSSR count). The van der Waals surface area contributed by atoms with Gasteiger partial charge in [0.1, 0.15) is 12.6 Å². The molecular weight excluding hydrogens is 210 g/mol. The van der Waals surface area contributed by atoms with Gasteiger partial charge in [0.05, 0.1) is 12.0 Å². The van der Waals surface area contributed by atoms with Crippen molar-refractivity contribution in [3.63, 3.8) is 0 Å². The average Bonchev–Trinajstić information content (AvgIpc) is 2.30. The van der Waals surface area contributed by atoms with Gasteiger partial charge in [0.15, 0.2) is 0 Å². The standard InChI is InChI=1S/C7H11NO5S/c1-5-6(9)3-8(14(5,11)12)4-7(10)13-2/h6,9H,1,3-4H2,2H3/t6-/m0/s1. The Bertz CT molecular complexity index is 360. The van der Waals surface area contributed by atoms with Crippen molar-refractivity contribution in [3.8, 4) is 0 Å². The molecule has 0 aromatic carbocycles. The highest BCUT2D eigenvalue weighted by Gasteiger charge is 2.40. The fourth-order valence-electron chi connectivity index (χ4n) is 1.09. The van der Waals surface area contributed by atoms with E-state index in [0.29, 0.717) is 0 Å².